The van der Waals surface area contributed by atoms with Gasteiger partial charge in [0, 0.05) is 18.3 Å². The van der Waals surface area contributed by atoms with Crippen molar-refractivity contribution in [1.29, 1.82) is 0 Å². The van der Waals surface area contributed by atoms with E-state index in [1.807, 2.05) is 12.3 Å². The van der Waals surface area contributed by atoms with Crippen molar-refractivity contribution in [2.75, 3.05) is 0 Å². The van der Waals surface area contributed by atoms with Crippen LogP contribution in [0.2, 0.25) is 0 Å². The number of benzene rings is 1. The third kappa shape index (κ3) is 1.54. The Morgan fingerprint density at radius 2 is 1.53 bits per heavy atom. The summed E-state index contributed by atoms with van der Waals surface area (Å²) < 4.78 is 0. The molecule has 74 valence electrons. The summed E-state index contributed by atoms with van der Waals surface area (Å²) in [7, 11) is 0. The van der Waals surface area contributed by atoms with E-state index in [0.29, 0.717) is 0 Å². The summed E-state index contributed by atoms with van der Waals surface area (Å²) >= 11 is 0. The molecular formula is C14H13N. The third-order valence-corrected chi connectivity index (χ3v) is 3.12. The summed E-state index contributed by atoms with van der Waals surface area (Å²) in [5, 5.41) is 0. The predicted octanol–water partition coefficient (Wildman–Crippen LogP) is 2.77. The largest absolute Gasteiger partial charge is 0.261 e. The number of hydrogen-bond acceptors (Lipinski definition) is 1. The molecule has 3 rings (SSSR count). The molecule has 1 aliphatic carbocycles. The van der Waals surface area contributed by atoms with Gasteiger partial charge in [0.25, 0.3) is 0 Å². The molecule has 15 heavy (non-hydrogen) atoms. The number of nitrogens with zero attached hydrogens (tertiary/aromatic N) is 1. The van der Waals surface area contributed by atoms with Crippen LogP contribution in [0.15, 0.2) is 42.6 Å². The highest BCUT2D eigenvalue weighted by Crippen LogP contribution is 2.22. The van der Waals surface area contributed by atoms with E-state index in [4.69, 9.17) is 0 Å². The maximum absolute atomic E-state index is 4.48. The monoisotopic (exact) mass is 195 g/mol. The van der Waals surface area contributed by atoms with Crippen molar-refractivity contribution in [2.45, 2.75) is 19.3 Å². The molecule has 0 aliphatic heterocycles. The minimum atomic E-state index is 0.992. The van der Waals surface area contributed by atoms with Crippen LogP contribution in [0.1, 0.15) is 22.4 Å². The SMILES string of the molecule is c1ccc2c(c1)CCc1cccnc1C2. The van der Waals surface area contributed by atoms with Gasteiger partial charge in [-0.15, -0.1) is 0 Å². The lowest BCUT2D eigenvalue weighted by Crippen LogP contribution is -1.95. The molecule has 0 unspecified atom stereocenters. The highest BCUT2D eigenvalue weighted by Gasteiger charge is 2.12. The van der Waals surface area contributed by atoms with Gasteiger partial charge in [-0.3, -0.25) is 4.98 Å². The molecule has 1 heteroatoms. The first-order valence-electron chi connectivity index (χ1n) is 5.43. The quantitative estimate of drug-likeness (QED) is 0.630. The first kappa shape index (κ1) is 8.66. The molecule has 0 bridgehead atoms. The normalized spacial score (nSPS) is 13.9. The molecule has 0 saturated heterocycles. The number of fused-ring (bicyclic) bond motifs is 2. The molecular weight excluding hydrogens is 182 g/mol. The number of aryl methyl sites for hydroxylation is 2. The van der Waals surface area contributed by atoms with E-state index in [2.05, 4.69) is 35.3 Å². The van der Waals surface area contributed by atoms with Gasteiger partial charge in [0.1, 0.15) is 0 Å². The third-order valence-electron chi connectivity index (χ3n) is 3.12. The van der Waals surface area contributed by atoms with E-state index in [9.17, 15) is 0 Å². The van der Waals surface area contributed by atoms with Gasteiger partial charge < -0.3 is 0 Å². The second-order valence-corrected chi connectivity index (χ2v) is 4.05. The van der Waals surface area contributed by atoms with E-state index in [1.165, 1.54) is 22.4 Å². The van der Waals surface area contributed by atoms with Crippen LogP contribution in [0.4, 0.5) is 0 Å². The molecule has 1 heterocycles. The topological polar surface area (TPSA) is 12.9 Å². The van der Waals surface area contributed by atoms with Crippen LogP contribution in [0.3, 0.4) is 0 Å². The van der Waals surface area contributed by atoms with Gasteiger partial charge in [-0.2, -0.15) is 0 Å². The number of hydrogen-bond donors (Lipinski definition) is 0. The van der Waals surface area contributed by atoms with E-state index in [1.54, 1.807) is 0 Å². The van der Waals surface area contributed by atoms with Crippen molar-refractivity contribution in [1.82, 2.24) is 4.98 Å². The van der Waals surface area contributed by atoms with Crippen LogP contribution in [-0.4, -0.2) is 4.98 Å². The van der Waals surface area contributed by atoms with Gasteiger partial charge in [0.15, 0.2) is 0 Å². The minimum Gasteiger partial charge on any atom is -0.261 e. The fourth-order valence-corrected chi connectivity index (χ4v) is 2.28. The van der Waals surface area contributed by atoms with Crippen molar-refractivity contribution in [3.63, 3.8) is 0 Å². The standard InChI is InChI=1S/C14H13N/c1-2-5-13-10-14-12(6-3-9-15-14)8-7-11(13)4-1/h1-6,9H,7-8,10H2. The molecule has 1 aliphatic rings. The second-order valence-electron chi connectivity index (χ2n) is 4.05. The molecule has 1 aromatic heterocycles. The van der Waals surface area contributed by atoms with Crippen molar-refractivity contribution < 1.29 is 0 Å². The van der Waals surface area contributed by atoms with E-state index >= 15 is 0 Å². The molecule has 1 aromatic carbocycles. The summed E-state index contributed by atoms with van der Waals surface area (Å²) in [4.78, 5) is 4.48. The van der Waals surface area contributed by atoms with Crippen LogP contribution in [0.5, 0.6) is 0 Å². The number of pyridine rings is 1. The first-order chi connectivity index (χ1) is 7.43. The van der Waals surface area contributed by atoms with Crippen molar-refractivity contribution >= 4 is 0 Å². The molecule has 0 atom stereocenters. The lowest BCUT2D eigenvalue weighted by atomic mass is 10.0. The van der Waals surface area contributed by atoms with E-state index in [0.717, 1.165) is 19.3 Å². The van der Waals surface area contributed by atoms with Gasteiger partial charge in [0.2, 0.25) is 0 Å². The summed E-state index contributed by atoms with van der Waals surface area (Å²) in [6, 6.07) is 12.9. The molecule has 1 nitrogen and oxygen atoms in total. The summed E-state index contributed by atoms with van der Waals surface area (Å²) in [5.74, 6) is 0. The molecule has 0 saturated carbocycles. The molecule has 0 amide bonds. The molecule has 0 radical (unpaired) electrons. The highest BCUT2D eigenvalue weighted by atomic mass is 14.7. The Kier molecular flexibility index (Phi) is 2.02. The highest BCUT2D eigenvalue weighted by molar-refractivity contribution is 5.37. The maximum Gasteiger partial charge on any atom is 0.0479 e. The summed E-state index contributed by atoms with van der Waals surface area (Å²) in [5.41, 5.74) is 5.58. The lowest BCUT2D eigenvalue weighted by molar-refractivity contribution is 0.952. The second kappa shape index (κ2) is 3.50. The van der Waals surface area contributed by atoms with Crippen molar-refractivity contribution in [3.05, 3.63) is 65.0 Å². The summed E-state index contributed by atoms with van der Waals surface area (Å²) in [6.07, 6.45) is 5.16. The maximum atomic E-state index is 4.48. The van der Waals surface area contributed by atoms with Crippen LogP contribution >= 0.6 is 0 Å². The molecule has 2 aromatic rings. The lowest BCUT2D eigenvalue weighted by Gasteiger charge is -2.03. The van der Waals surface area contributed by atoms with E-state index < -0.39 is 0 Å². The predicted molar refractivity (Wildman–Crippen MR) is 60.9 cm³/mol. The van der Waals surface area contributed by atoms with Crippen LogP contribution in [0, 0.1) is 0 Å². The summed E-state index contributed by atoms with van der Waals surface area (Å²) in [6.45, 7) is 0. The Labute approximate surface area is 89.8 Å². The fourth-order valence-electron chi connectivity index (χ4n) is 2.28. The zero-order valence-corrected chi connectivity index (χ0v) is 8.61. The number of aromatic nitrogens is 1. The van der Waals surface area contributed by atoms with E-state index in [-0.39, 0.29) is 0 Å². The Morgan fingerprint density at radius 1 is 0.800 bits per heavy atom. The van der Waals surface area contributed by atoms with Gasteiger partial charge in [-0.25, -0.2) is 0 Å². The van der Waals surface area contributed by atoms with Crippen molar-refractivity contribution in [2.24, 2.45) is 0 Å². The fraction of sp³-hybridized carbons (Fsp3) is 0.214. The van der Waals surface area contributed by atoms with Crippen LogP contribution < -0.4 is 0 Å². The molecule has 0 spiro atoms. The zero-order chi connectivity index (χ0) is 10.1. The average molecular weight is 195 g/mol. The van der Waals surface area contributed by atoms with Crippen LogP contribution in [0.25, 0.3) is 0 Å². The van der Waals surface area contributed by atoms with Gasteiger partial charge >= 0.3 is 0 Å². The van der Waals surface area contributed by atoms with Crippen LogP contribution in [-0.2, 0) is 19.3 Å². The van der Waals surface area contributed by atoms with Crippen molar-refractivity contribution in [3.8, 4) is 0 Å². The Morgan fingerprint density at radius 3 is 2.47 bits per heavy atom. The number of rotatable bonds is 0. The molecule has 0 N–H and O–H groups in total. The minimum absolute atomic E-state index is 0.992. The van der Waals surface area contributed by atoms with Gasteiger partial charge in [-0.05, 0) is 35.6 Å². The van der Waals surface area contributed by atoms with Gasteiger partial charge in [-0.1, -0.05) is 30.3 Å². The van der Waals surface area contributed by atoms with Gasteiger partial charge in [0.05, 0.1) is 0 Å². The molecule has 0 fully saturated rings. The smallest absolute Gasteiger partial charge is 0.0479 e. The Hall–Kier alpha value is -1.63. The first-order valence-corrected chi connectivity index (χ1v) is 5.43. The Bertz CT molecular complexity index is 443. The average Bonchev–Trinajstić information content (AvgIpc) is 2.48. The zero-order valence-electron chi connectivity index (χ0n) is 8.61. The Balaban J connectivity index is 2.10.